The molecule has 4 unspecified atom stereocenters. The van der Waals surface area contributed by atoms with Gasteiger partial charge in [0.25, 0.3) is 0 Å². The van der Waals surface area contributed by atoms with Crippen LogP contribution in [0.15, 0.2) is 11.6 Å². The van der Waals surface area contributed by atoms with Crippen molar-refractivity contribution in [3.63, 3.8) is 0 Å². The molecule has 0 aromatic rings. The summed E-state index contributed by atoms with van der Waals surface area (Å²) in [5, 5.41) is 33.3. The largest absolute Gasteiger partial charge is 0.458 e. The van der Waals surface area contributed by atoms with Crippen molar-refractivity contribution in [2.45, 2.75) is 83.0 Å². The van der Waals surface area contributed by atoms with Crippen molar-refractivity contribution in [3.8, 4) is 0 Å². The van der Waals surface area contributed by atoms with Gasteiger partial charge in [-0.3, -0.25) is 0 Å². The predicted molar refractivity (Wildman–Crippen MR) is 103 cm³/mol. The Morgan fingerprint density at radius 3 is 2.57 bits per heavy atom. The molecule has 0 saturated heterocycles. The Balaban J connectivity index is 1.50. The van der Waals surface area contributed by atoms with Crippen LogP contribution in [0.5, 0.6) is 0 Å². The van der Waals surface area contributed by atoms with Gasteiger partial charge in [0.1, 0.15) is 6.61 Å². The SMILES string of the molecule is C[C@]12CCC(O)CC1CC[C@@H]1[C@@H]2CC[C@]2(C)[C@@H](C3=CC(=O)OC3)C(O)CC12O. The molecule has 5 aliphatic rings. The second-order valence-electron chi connectivity index (χ2n) is 10.9. The van der Waals surface area contributed by atoms with Crippen LogP contribution in [0.1, 0.15) is 65.2 Å². The first kappa shape index (κ1) is 19.1. The average molecular weight is 391 g/mol. The summed E-state index contributed by atoms with van der Waals surface area (Å²) < 4.78 is 5.14. The summed E-state index contributed by atoms with van der Waals surface area (Å²) in [6.45, 7) is 4.77. The van der Waals surface area contributed by atoms with E-state index in [1.54, 1.807) is 0 Å². The number of aliphatic hydroxyl groups is 3. The van der Waals surface area contributed by atoms with Gasteiger partial charge in [-0.2, -0.15) is 0 Å². The fourth-order valence-electron chi connectivity index (χ4n) is 8.47. The molecule has 0 spiro atoms. The third-order valence-electron chi connectivity index (χ3n) is 9.92. The van der Waals surface area contributed by atoms with Crippen LogP contribution >= 0.6 is 0 Å². The summed E-state index contributed by atoms with van der Waals surface area (Å²) >= 11 is 0. The number of fused-ring (bicyclic) bond motifs is 5. The fraction of sp³-hybridized carbons (Fsp3) is 0.870. The van der Waals surface area contributed by atoms with Crippen molar-refractivity contribution < 1.29 is 24.9 Å². The first-order chi connectivity index (χ1) is 13.2. The van der Waals surface area contributed by atoms with Gasteiger partial charge in [0, 0.05) is 23.8 Å². The Morgan fingerprint density at radius 1 is 1.07 bits per heavy atom. The van der Waals surface area contributed by atoms with Crippen molar-refractivity contribution in [2.75, 3.05) is 6.61 Å². The van der Waals surface area contributed by atoms with Crippen molar-refractivity contribution in [1.29, 1.82) is 0 Å². The predicted octanol–water partition coefficient (Wildman–Crippen LogP) is 2.58. The van der Waals surface area contributed by atoms with Gasteiger partial charge >= 0.3 is 5.97 Å². The first-order valence-electron chi connectivity index (χ1n) is 11.1. The van der Waals surface area contributed by atoms with Crippen molar-refractivity contribution in [2.24, 2.45) is 34.5 Å². The molecular formula is C23H34O5. The molecule has 28 heavy (non-hydrogen) atoms. The Labute approximate surface area is 167 Å². The zero-order chi connectivity index (χ0) is 19.9. The molecule has 5 heteroatoms. The highest BCUT2D eigenvalue weighted by molar-refractivity contribution is 5.85. The number of carbonyl (C=O) groups excluding carboxylic acids is 1. The van der Waals surface area contributed by atoms with Gasteiger partial charge in [-0.25, -0.2) is 4.79 Å². The van der Waals surface area contributed by atoms with E-state index in [1.165, 1.54) is 6.08 Å². The summed E-state index contributed by atoms with van der Waals surface area (Å²) in [4.78, 5) is 11.7. The zero-order valence-corrected chi connectivity index (χ0v) is 17.1. The van der Waals surface area contributed by atoms with Gasteiger partial charge in [0.2, 0.25) is 0 Å². The highest BCUT2D eigenvalue weighted by Crippen LogP contribution is 2.69. The molecule has 3 N–H and O–H groups in total. The molecule has 4 fully saturated rings. The minimum atomic E-state index is -0.906. The third-order valence-corrected chi connectivity index (χ3v) is 9.92. The van der Waals surface area contributed by atoms with Crippen molar-refractivity contribution >= 4 is 5.97 Å². The molecule has 9 atom stereocenters. The second kappa shape index (κ2) is 6.05. The molecule has 0 radical (unpaired) electrons. The normalized spacial score (nSPS) is 55.8. The van der Waals surface area contributed by atoms with Crippen LogP contribution in [-0.4, -0.2) is 45.7 Å². The Bertz CT molecular complexity index is 718. The molecule has 0 aromatic carbocycles. The summed E-state index contributed by atoms with van der Waals surface area (Å²) in [7, 11) is 0. The van der Waals surface area contributed by atoms with E-state index in [0.29, 0.717) is 18.3 Å². The minimum absolute atomic E-state index is 0.170. The van der Waals surface area contributed by atoms with Crippen LogP contribution in [0.4, 0.5) is 0 Å². The van der Waals surface area contributed by atoms with Gasteiger partial charge in [0.05, 0.1) is 17.8 Å². The third kappa shape index (κ3) is 2.33. The topological polar surface area (TPSA) is 87.0 Å². The minimum Gasteiger partial charge on any atom is -0.458 e. The maximum Gasteiger partial charge on any atom is 0.331 e. The molecule has 5 rings (SSSR count). The van der Waals surface area contributed by atoms with Crippen LogP contribution in [0.2, 0.25) is 0 Å². The van der Waals surface area contributed by atoms with Gasteiger partial charge in [-0.1, -0.05) is 13.8 Å². The molecule has 5 nitrogen and oxygen atoms in total. The lowest BCUT2D eigenvalue weighted by Gasteiger charge is -2.63. The Kier molecular flexibility index (Phi) is 4.12. The number of hydrogen-bond donors (Lipinski definition) is 3. The zero-order valence-electron chi connectivity index (χ0n) is 17.1. The van der Waals surface area contributed by atoms with E-state index in [9.17, 15) is 20.1 Å². The summed E-state index contributed by atoms with van der Waals surface area (Å²) in [5.74, 6) is 0.627. The highest BCUT2D eigenvalue weighted by Gasteiger charge is 2.70. The van der Waals surface area contributed by atoms with Gasteiger partial charge in [-0.15, -0.1) is 0 Å². The van der Waals surface area contributed by atoms with E-state index in [4.69, 9.17) is 4.74 Å². The number of hydrogen-bond acceptors (Lipinski definition) is 5. The highest BCUT2D eigenvalue weighted by atomic mass is 16.5. The van der Waals surface area contributed by atoms with Crippen molar-refractivity contribution in [1.82, 2.24) is 0 Å². The maximum atomic E-state index is 12.1. The Morgan fingerprint density at radius 2 is 1.86 bits per heavy atom. The standard InChI is InChI=1S/C23H34O5/c1-21-7-5-15(24)10-14(21)3-4-17-16(21)6-8-22(2)20(13-9-19(26)28-12-13)18(25)11-23(17,22)27/h9,14-18,20,24-25,27H,3-8,10-12H2,1-2H3/t14?,15?,16-,17+,18?,20-,21-,22+,23?/m0/s1. The molecule has 4 saturated carbocycles. The molecule has 0 amide bonds. The number of carbonyl (C=O) groups is 1. The van der Waals surface area contributed by atoms with E-state index in [1.807, 2.05) is 0 Å². The average Bonchev–Trinajstić information content (AvgIpc) is 3.13. The monoisotopic (exact) mass is 390 g/mol. The van der Waals surface area contributed by atoms with E-state index >= 15 is 0 Å². The number of rotatable bonds is 1. The van der Waals surface area contributed by atoms with Crippen LogP contribution in [0, 0.1) is 34.5 Å². The Hall–Kier alpha value is -0.910. The molecule has 0 bridgehead atoms. The van der Waals surface area contributed by atoms with E-state index in [-0.39, 0.29) is 35.9 Å². The number of cyclic esters (lactones) is 1. The number of ether oxygens (including phenoxy) is 1. The molecule has 1 heterocycles. The summed E-state index contributed by atoms with van der Waals surface area (Å²) in [6, 6.07) is 0. The van der Waals surface area contributed by atoms with Gasteiger partial charge < -0.3 is 20.1 Å². The van der Waals surface area contributed by atoms with Gasteiger partial charge in [0.15, 0.2) is 0 Å². The lowest BCUT2D eigenvalue weighted by molar-refractivity contribution is -0.208. The fourth-order valence-corrected chi connectivity index (χ4v) is 8.47. The smallest absolute Gasteiger partial charge is 0.331 e. The summed E-state index contributed by atoms with van der Waals surface area (Å²) in [5.41, 5.74) is -0.301. The second-order valence-corrected chi connectivity index (χ2v) is 10.9. The molecule has 4 aliphatic carbocycles. The maximum absolute atomic E-state index is 12.1. The lowest BCUT2D eigenvalue weighted by atomic mass is 9.43. The molecule has 0 aromatic heterocycles. The number of esters is 1. The van der Waals surface area contributed by atoms with Crippen LogP contribution in [0.25, 0.3) is 0 Å². The van der Waals surface area contributed by atoms with Crippen LogP contribution in [0.3, 0.4) is 0 Å². The van der Waals surface area contributed by atoms with Crippen LogP contribution < -0.4 is 0 Å². The van der Waals surface area contributed by atoms with E-state index in [0.717, 1.165) is 50.5 Å². The molecular weight excluding hydrogens is 356 g/mol. The van der Waals surface area contributed by atoms with Gasteiger partial charge in [-0.05, 0) is 73.7 Å². The van der Waals surface area contributed by atoms with E-state index in [2.05, 4.69) is 13.8 Å². The number of aliphatic hydroxyl groups excluding tert-OH is 2. The lowest BCUT2D eigenvalue weighted by Crippen LogP contribution is -2.62. The molecule has 1 aliphatic heterocycles. The summed E-state index contributed by atoms with van der Waals surface area (Å²) in [6.07, 6.45) is 7.87. The van der Waals surface area contributed by atoms with Crippen molar-refractivity contribution in [3.05, 3.63) is 11.6 Å². The van der Waals surface area contributed by atoms with Crippen LogP contribution in [-0.2, 0) is 9.53 Å². The molecule has 156 valence electrons. The van der Waals surface area contributed by atoms with E-state index < -0.39 is 17.1 Å². The quantitative estimate of drug-likeness (QED) is 0.599. The first-order valence-corrected chi connectivity index (χ1v) is 11.1.